The van der Waals surface area contributed by atoms with E-state index in [4.69, 9.17) is 4.98 Å². The van der Waals surface area contributed by atoms with Crippen LogP contribution in [0.2, 0.25) is 0 Å². The molecule has 0 bridgehead atoms. The molecule has 6 nitrogen and oxygen atoms in total. The second kappa shape index (κ2) is 7.48. The summed E-state index contributed by atoms with van der Waals surface area (Å²) in [6.45, 7) is 0.351. The standard InChI is InChI=1S/C21H20BrN3O3/c1-24-18-8-7-13(22)11-15(18)16(20(24)27)12-19-23-17-6-3-2-5-14(17)21(28)25(19)9-4-10-26/h2-3,5-8,11,16,26H,4,9-10,12H2,1H3. The van der Waals surface area contributed by atoms with Gasteiger partial charge in [-0.25, -0.2) is 4.98 Å². The van der Waals surface area contributed by atoms with Crippen molar-refractivity contribution in [2.45, 2.75) is 25.3 Å². The van der Waals surface area contributed by atoms with Gasteiger partial charge in [-0.2, -0.15) is 0 Å². The van der Waals surface area contributed by atoms with Crippen LogP contribution in [-0.2, 0) is 17.8 Å². The molecule has 0 fully saturated rings. The lowest BCUT2D eigenvalue weighted by Gasteiger charge is -2.16. The molecule has 1 N–H and O–H groups in total. The molecule has 0 saturated heterocycles. The Morgan fingerprint density at radius 2 is 1.96 bits per heavy atom. The van der Waals surface area contributed by atoms with Gasteiger partial charge in [0.2, 0.25) is 5.91 Å². The predicted molar refractivity (Wildman–Crippen MR) is 112 cm³/mol. The zero-order valence-corrected chi connectivity index (χ0v) is 17.0. The molecule has 1 unspecified atom stereocenters. The van der Waals surface area contributed by atoms with Gasteiger partial charge in [-0.1, -0.05) is 28.1 Å². The highest BCUT2D eigenvalue weighted by Crippen LogP contribution is 2.39. The lowest BCUT2D eigenvalue weighted by molar-refractivity contribution is -0.119. The van der Waals surface area contributed by atoms with Crippen LogP contribution in [0, 0.1) is 0 Å². The number of rotatable bonds is 5. The summed E-state index contributed by atoms with van der Waals surface area (Å²) in [6.07, 6.45) is 0.783. The number of carbonyl (C=O) groups excluding carboxylic acids is 1. The van der Waals surface area contributed by atoms with E-state index in [0.717, 1.165) is 15.7 Å². The second-order valence-electron chi connectivity index (χ2n) is 6.94. The average Bonchev–Trinajstić information content (AvgIpc) is 2.92. The molecule has 0 aliphatic carbocycles. The number of benzene rings is 2. The zero-order valence-electron chi connectivity index (χ0n) is 15.4. The van der Waals surface area contributed by atoms with E-state index in [9.17, 15) is 14.7 Å². The van der Waals surface area contributed by atoms with Gasteiger partial charge in [-0.15, -0.1) is 0 Å². The van der Waals surface area contributed by atoms with Gasteiger partial charge in [-0.05, 0) is 42.3 Å². The topological polar surface area (TPSA) is 75.4 Å². The summed E-state index contributed by atoms with van der Waals surface area (Å²) in [7, 11) is 1.77. The van der Waals surface area contributed by atoms with Crippen molar-refractivity contribution in [1.82, 2.24) is 9.55 Å². The second-order valence-corrected chi connectivity index (χ2v) is 7.85. The van der Waals surface area contributed by atoms with Crippen LogP contribution in [0.5, 0.6) is 0 Å². The number of fused-ring (bicyclic) bond motifs is 2. The van der Waals surface area contributed by atoms with Crippen molar-refractivity contribution >= 4 is 38.4 Å². The van der Waals surface area contributed by atoms with Crippen molar-refractivity contribution in [2.75, 3.05) is 18.6 Å². The maximum Gasteiger partial charge on any atom is 0.261 e. The third kappa shape index (κ3) is 3.14. The number of hydrogen-bond donors (Lipinski definition) is 1. The van der Waals surface area contributed by atoms with Gasteiger partial charge in [0.15, 0.2) is 0 Å². The molecule has 4 rings (SSSR count). The number of likely N-dealkylation sites (N-methyl/N-ethyl adjacent to an activating group) is 1. The molecule has 2 heterocycles. The van der Waals surface area contributed by atoms with Crippen molar-refractivity contribution in [1.29, 1.82) is 0 Å². The number of nitrogens with zero attached hydrogens (tertiary/aromatic N) is 3. The van der Waals surface area contributed by atoms with E-state index in [-0.39, 0.29) is 18.1 Å². The smallest absolute Gasteiger partial charge is 0.261 e. The fourth-order valence-electron chi connectivity index (χ4n) is 3.80. The van der Waals surface area contributed by atoms with Gasteiger partial charge in [0.05, 0.1) is 16.8 Å². The fourth-order valence-corrected chi connectivity index (χ4v) is 4.18. The normalized spacial score (nSPS) is 16.0. The zero-order chi connectivity index (χ0) is 19.8. The van der Waals surface area contributed by atoms with E-state index in [1.165, 1.54) is 0 Å². The van der Waals surface area contributed by atoms with Crippen LogP contribution < -0.4 is 10.5 Å². The van der Waals surface area contributed by atoms with E-state index in [0.29, 0.717) is 36.1 Å². The Bertz CT molecular complexity index is 1130. The lowest BCUT2D eigenvalue weighted by Crippen LogP contribution is -2.30. The molecular weight excluding hydrogens is 422 g/mol. The molecule has 2 aromatic carbocycles. The van der Waals surface area contributed by atoms with Gasteiger partial charge in [0.1, 0.15) is 5.82 Å². The van der Waals surface area contributed by atoms with Gasteiger partial charge >= 0.3 is 0 Å². The molecule has 0 spiro atoms. The highest BCUT2D eigenvalue weighted by atomic mass is 79.9. The summed E-state index contributed by atoms with van der Waals surface area (Å²) >= 11 is 3.48. The van der Waals surface area contributed by atoms with Crippen molar-refractivity contribution in [2.24, 2.45) is 0 Å². The molecule has 1 amide bonds. The van der Waals surface area contributed by atoms with Crippen LogP contribution in [0.25, 0.3) is 10.9 Å². The number of anilines is 1. The summed E-state index contributed by atoms with van der Waals surface area (Å²) in [6, 6.07) is 13.0. The number of aliphatic hydroxyl groups excluding tert-OH is 1. The highest BCUT2D eigenvalue weighted by molar-refractivity contribution is 9.10. The summed E-state index contributed by atoms with van der Waals surface area (Å²) < 4.78 is 2.51. The quantitative estimate of drug-likeness (QED) is 0.660. The molecule has 7 heteroatoms. The van der Waals surface area contributed by atoms with E-state index in [2.05, 4.69) is 15.9 Å². The minimum absolute atomic E-state index is 0.00999. The highest BCUT2D eigenvalue weighted by Gasteiger charge is 2.36. The van der Waals surface area contributed by atoms with Crippen LogP contribution in [0.15, 0.2) is 51.7 Å². The van der Waals surface area contributed by atoms with Crippen LogP contribution in [-0.4, -0.2) is 34.2 Å². The first-order valence-electron chi connectivity index (χ1n) is 9.17. The van der Waals surface area contributed by atoms with Crippen molar-refractivity contribution in [3.05, 3.63) is 68.7 Å². The lowest BCUT2D eigenvalue weighted by atomic mass is 9.96. The van der Waals surface area contributed by atoms with Crippen LogP contribution in [0.4, 0.5) is 5.69 Å². The molecular formula is C21H20BrN3O3. The summed E-state index contributed by atoms with van der Waals surface area (Å²) in [4.78, 5) is 32.3. The molecule has 1 aliphatic heterocycles. The Morgan fingerprint density at radius 1 is 1.18 bits per heavy atom. The number of carbonyl (C=O) groups is 1. The largest absolute Gasteiger partial charge is 0.396 e. The first-order valence-corrected chi connectivity index (χ1v) is 9.97. The van der Waals surface area contributed by atoms with E-state index in [1.807, 2.05) is 36.4 Å². The number of amides is 1. The van der Waals surface area contributed by atoms with Gasteiger partial charge < -0.3 is 10.0 Å². The first-order chi connectivity index (χ1) is 13.5. The van der Waals surface area contributed by atoms with E-state index in [1.54, 1.807) is 22.6 Å². The minimum atomic E-state index is -0.397. The van der Waals surface area contributed by atoms with Crippen molar-refractivity contribution < 1.29 is 9.90 Å². The van der Waals surface area contributed by atoms with Gasteiger partial charge in [0.25, 0.3) is 5.56 Å². The van der Waals surface area contributed by atoms with Crippen LogP contribution in [0.1, 0.15) is 23.7 Å². The molecule has 3 aromatic rings. The number of para-hydroxylation sites is 1. The number of hydrogen-bond acceptors (Lipinski definition) is 4. The maximum absolute atomic E-state index is 13.0. The molecule has 144 valence electrons. The summed E-state index contributed by atoms with van der Waals surface area (Å²) in [5.41, 5.74) is 2.29. The summed E-state index contributed by atoms with van der Waals surface area (Å²) in [5, 5.41) is 9.79. The molecule has 1 atom stereocenters. The number of aliphatic hydroxyl groups is 1. The Labute approximate surface area is 170 Å². The monoisotopic (exact) mass is 441 g/mol. The molecule has 1 aromatic heterocycles. The number of halogens is 1. The SMILES string of the molecule is CN1C(=O)C(Cc2nc3ccccc3c(=O)n2CCCO)c2cc(Br)ccc21. The number of aromatic nitrogens is 2. The maximum atomic E-state index is 13.0. The Balaban J connectivity index is 1.83. The van der Waals surface area contributed by atoms with E-state index >= 15 is 0 Å². The third-order valence-electron chi connectivity index (χ3n) is 5.22. The molecule has 0 radical (unpaired) electrons. The third-order valence-corrected chi connectivity index (χ3v) is 5.72. The first kappa shape index (κ1) is 18.8. The van der Waals surface area contributed by atoms with Crippen LogP contribution >= 0.6 is 15.9 Å². The van der Waals surface area contributed by atoms with Gasteiger partial charge in [-0.3, -0.25) is 14.2 Å². The predicted octanol–water partition coefficient (Wildman–Crippen LogP) is 2.84. The Morgan fingerprint density at radius 3 is 2.75 bits per heavy atom. The average molecular weight is 442 g/mol. The van der Waals surface area contributed by atoms with Gasteiger partial charge in [0, 0.05) is 36.8 Å². The Kier molecular flexibility index (Phi) is 5.03. The summed E-state index contributed by atoms with van der Waals surface area (Å²) in [5.74, 6) is 0.159. The van der Waals surface area contributed by atoms with E-state index < -0.39 is 5.92 Å². The fraction of sp³-hybridized carbons (Fsp3) is 0.286. The van der Waals surface area contributed by atoms with Crippen molar-refractivity contribution in [3.63, 3.8) is 0 Å². The molecule has 28 heavy (non-hydrogen) atoms. The minimum Gasteiger partial charge on any atom is -0.396 e. The van der Waals surface area contributed by atoms with Crippen LogP contribution in [0.3, 0.4) is 0 Å². The molecule has 1 aliphatic rings. The van der Waals surface area contributed by atoms with Crippen molar-refractivity contribution in [3.8, 4) is 0 Å². The Hall–Kier alpha value is -2.51. The molecule has 0 saturated carbocycles.